The van der Waals surface area contributed by atoms with E-state index in [4.69, 9.17) is 5.11 Å². The molecule has 0 aromatic heterocycles. The first-order chi connectivity index (χ1) is 11.4. The number of carboxylic acids is 1. The van der Waals surface area contributed by atoms with Gasteiger partial charge in [-0.15, -0.1) is 0 Å². The summed E-state index contributed by atoms with van der Waals surface area (Å²) in [6.07, 6.45) is 2.42. The molecule has 0 spiro atoms. The Kier molecular flexibility index (Phi) is 8.32. The highest BCUT2D eigenvalue weighted by Gasteiger charge is 2.26. The van der Waals surface area contributed by atoms with E-state index in [0.717, 1.165) is 0 Å². The molecular weight excluding hydrogens is 328 g/mol. The Bertz CT molecular complexity index is 565. The summed E-state index contributed by atoms with van der Waals surface area (Å²) in [6, 6.07) is 8.02. The van der Waals surface area contributed by atoms with Gasteiger partial charge in [0.1, 0.15) is 6.04 Å². The second-order valence-corrected chi connectivity index (χ2v) is 6.62. The minimum absolute atomic E-state index is 0.102. The second-order valence-electron chi connectivity index (χ2n) is 5.63. The maximum Gasteiger partial charge on any atom is 0.308 e. The van der Waals surface area contributed by atoms with Gasteiger partial charge in [0.05, 0.1) is 5.92 Å². The van der Waals surface area contributed by atoms with Gasteiger partial charge in [0, 0.05) is 19.2 Å². The highest BCUT2D eigenvalue weighted by Crippen LogP contribution is 2.08. The summed E-state index contributed by atoms with van der Waals surface area (Å²) in [7, 11) is 1.56. The molecule has 1 rings (SSSR count). The van der Waals surface area contributed by atoms with Crippen molar-refractivity contribution in [3.63, 3.8) is 0 Å². The van der Waals surface area contributed by atoms with Crippen molar-refractivity contribution in [2.24, 2.45) is 5.92 Å². The molecule has 0 radical (unpaired) electrons. The van der Waals surface area contributed by atoms with Crippen LogP contribution >= 0.6 is 11.8 Å². The quantitative estimate of drug-likeness (QED) is 0.707. The molecule has 2 amide bonds. The van der Waals surface area contributed by atoms with Crippen LogP contribution in [0.15, 0.2) is 30.3 Å². The van der Waals surface area contributed by atoms with Crippen molar-refractivity contribution in [3.8, 4) is 0 Å². The third-order valence-electron chi connectivity index (χ3n) is 3.60. The zero-order valence-electron chi connectivity index (χ0n) is 14.2. The molecular formula is C17H24N2O4S. The molecule has 2 atom stereocenters. The van der Waals surface area contributed by atoms with Crippen LogP contribution in [0.4, 0.5) is 0 Å². The maximum absolute atomic E-state index is 12.6. The van der Waals surface area contributed by atoms with Crippen LogP contribution in [0.2, 0.25) is 0 Å². The van der Waals surface area contributed by atoms with Crippen molar-refractivity contribution in [2.75, 3.05) is 25.6 Å². The second kappa shape index (κ2) is 9.97. The van der Waals surface area contributed by atoms with E-state index in [1.165, 1.54) is 4.90 Å². The predicted molar refractivity (Wildman–Crippen MR) is 95.1 cm³/mol. The number of aliphatic carboxylic acids is 1. The van der Waals surface area contributed by atoms with Crippen LogP contribution in [-0.4, -0.2) is 59.4 Å². The number of hydrogen-bond donors (Lipinski definition) is 2. The molecule has 1 aromatic carbocycles. The Hall–Kier alpha value is -2.02. The summed E-state index contributed by atoms with van der Waals surface area (Å²) in [4.78, 5) is 37.2. The third kappa shape index (κ3) is 6.23. The Labute approximate surface area is 146 Å². The van der Waals surface area contributed by atoms with Crippen LogP contribution in [0.1, 0.15) is 23.7 Å². The molecule has 1 aromatic rings. The smallest absolute Gasteiger partial charge is 0.308 e. The summed E-state index contributed by atoms with van der Waals surface area (Å²) in [5, 5.41) is 11.7. The number of amides is 2. The van der Waals surface area contributed by atoms with Gasteiger partial charge in [-0.3, -0.25) is 14.4 Å². The van der Waals surface area contributed by atoms with Gasteiger partial charge in [-0.2, -0.15) is 11.8 Å². The number of thioether (sulfide) groups is 1. The van der Waals surface area contributed by atoms with Gasteiger partial charge in [-0.05, 0) is 30.6 Å². The fourth-order valence-corrected chi connectivity index (χ4v) is 2.64. The Balaban J connectivity index is 2.78. The molecule has 0 fully saturated rings. The van der Waals surface area contributed by atoms with E-state index in [2.05, 4.69) is 5.32 Å². The zero-order valence-corrected chi connectivity index (χ0v) is 15.0. The predicted octanol–water partition coefficient (Wildman–Crippen LogP) is 1.72. The van der Waals surface area contributed by atoms with Gasteiger partial charge in [0.2, 0.25) is 5.91 Å². The van der Waals surface area contributed by atoms with Crippen LogP contribution in [0.25, 0.3) is 0 Å². The van der Waals surface area contributed by atoms with E-state index >= 15 is 0 Å². The van der Waals surface area contributed by atoms with E-state index < -0.39 is 17.9 Å². The lowest BCUT2D eigenvalue weighted by Crippen LogP contribution is -2.49. The maximum atomic E-state index is 12.6. The van der Waals surface area contributed by atoms with Crippen molar-refractivity contribution in [2.45, 2.75) is 19.4 Å². The lowest BCUT2D eigenvalue weighted by atomic mass is 10.1. The number of likely N-dealkylation sites (N-methyl/N-ethyl adjacent to an activating group) is 1. The molecule has 0 aliphatic heterocycles. The van der Waals surface area contributed by atoms with E-state index in [9.17, 15) is 14.4 Å². The molecule has 24 heavy (non-hydrogen) atoms. The number of carboxylic acid groups (broad SMARTS) is 1. The van der Waals surface area contributed by atoms with Crippen molar-refractivity contribution in [1.29, 1.82) is 0 Å². The third-order valence-corrected chi connectivity index (χ3v) is 4.24. The molecule has 0 aliphatic carbocycles. The molecule has 2 unspecified atom stereocenters. The summed E-state index contributed by atoms with van der Waals surface area (Å²) in [5.74, 6) is -1.49. The normalized spacial score (nSPS) is 13.0. The van der Waals surface area contributed by atoms with Crippen molar-refractivity contribution >= 4 is 29.5 Å². The van der Waals surface area contributed by atoms with E-state index in [1.807, 2.05) is 12.3 Å². The average Bonchev–Trinajstić information content (AvgIpc) is 2.58. The molecule has 2 N–H and O–H groups in total. The SMILES string of the molecule is CSCCC(NC(=O)c1ccccc1)C(=O)N(C)CC(C)C(=O)O. The zero-order chi connectivity index (χ0) is 18.1. The van der Waals surface area contributed by atoms with Crippen LogP contribution in [0.5, 0.6) is 0 Å². The van der Waals surface area contributed by atoms with Crippen molar-refractivity contribution < 1.29 is 19.5 Å². The van der Waals surface area contributed by atoms with Crippen LogP contribution < -0.4 is 5.32 Å². The van der Waals surface area contributed by atoms with E-state index in [-0.39, 0.29) is 18.4 Å². The molecule has 132 valence electrons. The largest absolute Gasteiger partial charge is 0.481 e. The summed E-state index contributed by atoms with van der Waals surface area (Å²) in [5.41, 5.74) is 0.487. The number of carbonyl (C=O) groups is 3. The first-order valence-corrected chi connectivity index (χ1v) is 9.08. The fraction of sp³-hybridized carbons (Fsp3) is 0.471. The van der Waals surface area contributed by atoms with Crippen LogP contribution in [0.3, 0.4) is 0 Å². The topological polar surface area (TPSA) is 86.7 Å². The Morgan fingerprint density at radius 3 is 2.42 bits per heavy atom. The molecule has 0 bridgehead atoms. The number of carbonyl (C=O) groups excluding carboxylic acids is 2. The minimum Gasteiger partial charge on any atom is -0.481 e. The first kappa shape index (κ1) is 20.0. The minimum atomic E-state index is -0.955. The van der Waals surface area contributed by atoms with Gasteiger partial charge in [0.25, 0.3) is 5.91 Å². The van der Waals surface area contributed by atoms with Gasteiger partial charge in [-0.1, -0.05) is 25.1 Å². The Morgan fingerprint density at radius 2 is 1.88 bits per heavy atom. The molecule has 0 saturated heterocycles. The summed E-state index contributed by atoms with van der Waals surface area (Å²) < 4.78 is 0. The number of rotatable bonds is 9. The Morgan fingerprint density at radius 1 is 1.25 bits per heavy atom. The number of nitrogens with one attached hydrogen (secondary N) is 1. The lowest BCUT2D eigenvalue weighted by Gasteiger charge is -2.25. The van der Waals surface area contributed by atoms with Gasteiger partial charge < -0.3 is 15.3 Å². The standard InChI is InChI=1S/C17H24N2O4S/c1-12(17(22)23)11-19(2)16(21)14(9-10-24-3)18-15(20)13-7-5-4-6-8-13/h4-8,12,14H,9-11H2,1-3H3,(H,18,20)(H,22,23). The first-order valence-electron chi connectivity index (χ1n) is 7.69. The lowest BCUT2D eigenvalue weighted by molar-refractivity contribution is -0.143. The molecule has 0 saturated carbocycles. The number of benzene rings is 1. The molecule has 0 aliphatic rings. The molecule has 6 nitrogen and oxygen atoms in total. The van der Waals surface area contributed by atoms with Gasteiger partial charge >= 0.3 is 5.97 Å². The highest BCUT2D eigenvalue weighted by molar-refractivity contribution is 7.98. The van der Waals surface area contributed by atoms with E-state index in [1.54, 1.807) is 50.0 Å². The fourth-order valence-electron chi connectivity index (χ4n) is 2.17. The van der Waals surface area contributed by atoms with Gasteiger partial charge in [0.15, 0.2) is 0 Å². The molecule has 7 heteroatoms. The van der Waals surface area contributed by atoms with Crippen molar-refractivity contribution in [3.05, 3.63) is 35.9 Å². The summed E-state index contributed by atoms with van der Waals surface area (Å²) >= 11 is 1.58. The number of hydrogen-bond acceptors (Lipinski definition) is 4. The summed E-state index contributed by atoms with van der Waals surface area (Å²) in [6.45, 7) is 1.65. The monoisotopic (exact) mass is 352 g/mol. The van der Waals surface area contributed by atoms with Crippen LogP contribution in [-0.2, 0) is 9.59 Å². The average molecular weight is 352 g/mol. The van der Waals surface area contributed by atoms with Crippen LogP contribution in [0, 0.1) is 5.92 Å². The highest BCUT2D eigenvalue weighted by atomic mass is 32.2. The van der Waals surface area contributed by atoms with Gasteiger partial charge in [-0.25, -0.2) is 0 Å². The van der Waals surface area contributed by atoms with Crippen molar-refractivity contribution in [1.82, 2.24) is 10.2 Å². The number of nitrogens with zero attached hydrogens (tertiary/aromatic N) is 1. The molecule has 0 heterocycles. The van der Waals surface area contributed by atoms with E-state index in [0.29, 0.717) is 17.7 Å².